The first-order valence-corrected chi connectivity index (χ1v) is 9.59. The summed E-state index contributed by atoms with van der Waals surface area (Å²) in [6.07, 6.45) is -0.254. The van der Waals surface area contributed by atoms with Gasteiger partial charge in [0.1, 0.15) is 16.9 Å². The molecule has 4 aromatic rings. The Bertz CT molecular complexity index is 1310. The summed E-state index contributed by atoms with van der Waals surface area (Å²) in [5.41, 5.74) is 0.306. The topological polar surface area (TPSA) is 114 Å². The van der Waals surface area contributed by atoms with Gasteiger partial charge in [-0.15, -0.1) is 12.4 Å². The molecule has 13 heteroatoms. The van der Waals surface area contributed by atoms with E-state index in [1.165, 1.54) is 12.3 Å². The van der Waals surface area contributed by atoms with E-state index in [1.807, 2.05) is 0 Å². The van der Waals surface area contributed by atoms with Crippen LogP contribution in [0.25, 0.3) is 28.6 Å². The first-order valence-electron chi connectivity index (χ1n) is 9.59. The lowest BCUT2D eigenvalue weighted by molar-refractivity contribution is -0.137. The molecular formula is C19H17ClF3N7O2. The quantitative estimate of drug-likeness (QED) is 0.476. The van der Waals surface area contributed by atoms with E-state index in [-0.39, 0.29) is 41.3 Å². The number of nitrogens with one attached hydrogen (secondary N) is 2. The summed E-state index contributed by atoms with van der Waals surface area (Å²) in [5.74, 6) is 0.0889. The predicted octanol–water partition coefficient (Wildman–Crippen LogP) is 3.04. The molecule has 0 amide bonds. The molecule has 0 aliphatic carbocycles. The van der Waals surface area contributed by atoms with E-state index in [0.29, 0.717) is 11.2 Å². The maximum absolute atomic E-state index is 13.0. The van der Waals surface area contributed by atoms with Crippen LogP contribution in [0.5, 0.6) is 0 Å². The maximum atomic E-state index is 13.0. The summed E-state index contributed by atoms with van der Waals surface area (Å²) in [6, 6.07) is 3.25. The molecule has 0 bridgehead atoms. The second kappa shape index (κ2) is 8.36. The van der Waals surface area contributed by atoms with Crippen molar-refractivity contribution >= 4 is 18.1 Å². The fourth-order valence-electron chi connectivity index (χ4n) is 3.74. The Morgan fingerprint density at radius 1 is 1.19 bits per heavy atom. The standard InChI is InChI=1S/C19H16F3N7O2.ClH/c20-19(21,22)11-3-6-24-13(7-11)16-27-18(31-28-16)12-9-25-29-14(8-15(30)26-17(12)29)10-1-4-23-5-2-10;/h3,6-10,23H,1-2,4-5H2,(H,26,30);1H. The second-order valence-corrected chi connectivity index (χ2v) is 7.25. The van der Waals surface area contributed by atoms with Crippen molar-refractivity contribution in [3.05, 3.63) is 52.2 Å². The van der Waals surface area contributed by atoms with Crippen LogP contribution in [0.2, 0.25) is 0 Å². The van der Waals surface area contributed by atoms with Crippen LogP contribution >= 0.6 is 12.4 Å². The number of aromatic nitrogens is 6. The van der Waals surface area contributed by atoms with Crippen LogP contribution in [0.3, 0.4) is 0 Å². The lowest BCUT2D eigenvalue weighted by Crippen LogP contribution is -2.28. The van der Waals surface area contributed by atoms with Gasteiger partial charge in [-0.2, -0.15) is 23.3 Å². The maximum Gasteiger partial charge on any atom is 0.416 e. The molecule has 0 unspecified atom stereocenters. The van der Waals surface area contributed by atoms with Gasteiger partial charge >= 0.3 is 6.18 Å². The van der Waals surface area contributed by atoms with E-state index in [0.717, 1.165) is 50.0 Å². The number of fused-ring (bicyclic) bond motifs is 1. The van der Waals surface area contributed by atoms with Crippen molar-refractivity contribution in [1.29, 1.82) is 0 Å². The highest BCUT2D eigenvalue weighted by Crippen LogP contribution is 2.32. The molecule has 1 aliphatic rings. The van der Waals surface area contributed by atoms with E-state index in [4.69, 9.17) is 4.52 Å². The third kappa shape index (κ3) is 3.98. The average molecular weight is 468 g/mol. The molecule has 1 saturated heterocycles. The fraction of sp³-hybridized carbons (Fsp3) is 0.316. The molecule has 168 valence electrons. The first kappa shape index (κ1) is 22.0. The zero-order valence-electron chi connectivity index (χ0n) is 16.4. The minimum absolute atomic E-state index is 0. The van der Waals surface area contributed by atoms with Gasteiger partial charge in [0, 0.05) is 18.2 Å². The summed E-state index contributed by atoms with van der Waals surface area (Å²) in [7, 11) is 0. The van der Waals surface area contributed by atoms with Crippen LogP contribution in [-0.2, 0) is 6.18 Å². The average Bonchev–Trinajstić information content (AvgIpc) is 3.40. The lowest BCUT2D eigenvalue weighted by atomic mass is 9.94. The number of nitrogens with zero attached hydrogens (tertiary/aromatic N) is 5. The van der Waals surface area contributed by atoms with Crippen molar-refractivity contribution in [1.82, 2.24) is 35.0 Å². The molecule has 0 atom stereocenters. The third-order valence-electron chi connectivity index (χ3n) is 5.26. The van der Waals surface area contributed by atoms with Crippen LogP contribution in [0.4, 0.5) is 13.2 Å². The van der Waals surface area contributed by atoms with Gasteiger partial charge in [0.25, 0.3) is 11.4 Å². The van der Waals surface area contributed by atoms with Crippen molar-refractivity contribution in [2.24, 2.45) is 0 Å². The molecule has 0 saturated carbocycles. The van der Waals surface area contributed by atoms with Gasteiger partial charge in [-0.05, 0) is 38.1 Å². The summed E-state index contributed by atoms with van der Waals surface area (Å²) in [6.45, 7) is 1.70. The minimum atomic E-state index is -4.52. The molecule has 0 aromatic carbocycles. The number of piperidine rings is 1. The Balaban J connectivity index is 0.00000245. The molecular weight excluding hydrogens is 451 g/mol. The van der Waals surface area contributed by atoms with Crippen LogP contribution in [0.15, 0.2) is 39.9 Å². The first-order chi connectivity index (χ1) is 14.9. The molecule has 2 N–H and O–H groups in total. The van der Waals surface area contributed by atoms with Gasteiger partial charge in [0.2, 0.25) is 5.82 Å². The SMILES string of the molecule is Cl.O=c1cc(C2CCNCC2)n2ncc(-c3nc(-c4cc(C(F)(F)F)ccn4)no3)c2[nH]1. The summed E-state index contributed by atoms with van der Waals surface area (Å²) >= 11 is 0. The lowest BCUT2D eigenvalue weighted by Gasteiger charge is -2.23. The van der Waals surface area contributed by atoms with E-state index in [1.54, 1.807) is 4.52 Å². The molecule has 4 aromatic heterocycles. The number of pyridine rings is 1. The Labute approximate surface area is 184 Å². The van der Waals surface area contributed by atoms with Crippen LogP contribution in [0, 0.1) is 0 Å². The van der Waals surface area contributed by atoms with Gasteiger partial charge in [0.15, 0.2) is 0 Å². The third-order valence-corrected chi connectivity index (χ3v) is 5.26. The monoisotopic (exact) mass is 467 g/mol. The van der Waals surface area contributed by atoms with E-state index in [2.05, 4.69) is 30.5 Å². The predicted molar refractivity (Wildman–Crippen MR) is 109 cm³/mol. The number of H-pyrrole nitrogens is 1. The molecule has 0 spiro atoms. The molecule has 0 radical (unpaired) electrons. The molecule has 5 rings (SSSR count). The Hall–Kier alpha value is -3.25. The van der Waals surface area contributed by atoms with Crippen molar-refractivity contribution in [2.75, 3.05) is 13.1 Å². The van der Waals surface area contributed by atoms with Crippen molar-refractivity contribution in [3.63, 3.8) is 0 Å². The Morgan fingerprint density at radius 2 is 1.97 bits per heavy atom. The Kier molecular flexibility index (Phi) is 5.73. The highest BCUT2D eigenvalue weighted by molar-refractivity contribution is 5.85. The van der Waals surface area contributed by atoms with E-state index >= 15 is 0 Å². The molecule has 1 aliphatic heterocycles. The number of alkyl halides is 3. The molecule has 1 fully saturated rings. The van der Waals surface area contributed by atoms with Crippen molar-refractivity contribution in [3.8, 4) is 23.0 Å². The number of halogens is 4. The summed E-state index contributed by atoms with van der Waals surface area (Å²) in [5, 5.41) is 11.4. The normalized spacial score (nSPS) is 15.1. The zero-order chi connectivity index (χ0) is 21.6. The van der Waals surface area contributed by atoms with Gasteiger partial charge in [0.05, 0.1) is 17.5 Å². The van der Waals surface area contributed by atoms with Crippen LogP contribution in [0.1, 0.15) is 30.0 Å². The number of hydrogen-bond donors (Lipinski definition) is 2. The largest absolute Gasteiger partial charge is 0.416 e. The van der Waals surface area contributed by atoms with Gasteiger partial charge in [-0.3, -0.25) is 9.78 Å². The van der Waals surface area contributed by atoms with Crippen LogP contribution < -0.4 is 10.9 Å². The smallest absolute Gasteiger partial charge is 0.333 e. The summed E-state index contributed by atoms with van der Waals surface area (Å²) in [4.78, 5) is 23.1. The number of aromatic amines is 1. The zero-order valence-corrected chi connectivity index (χ0v) is 17.2. The highest BCUT2D eigenvalue weighted by atomic mass is 35.5. The van der Waals surface area contributed by atoms with Gasteiger partial charge in [-0.1, -0.05) is 5.16 Å². The highest BCUT2D eigenvalue weighted by Gasteiger charge is 2.31. The molecule has 5 heterocycles. The van der Waals surface area contributed by atoms with Crippen molar-refractivity contribution in [2.45, 2.75) is 24.9 Å². The minimum Gasteiger partial charge on any atom is -0.333 e. The van der Waals surface area contributed by atoms with Crippen LogP contribution in [-0.4, -0.2) is 42.8 Å². The van der Waals surface area contributed by atoms with E-state index in [9.17, 15) is 18.0 Å². The Morgan fingerprint density at radius 3 is 2.72 bits per heavy atom. The van der Waals surface area contributed by atoms with Gasteiger partial charge in [-0.25, -0.2) is 4.52 Å². The molecule has 32 heavy (non-hydrogen) atoms. The van der Waals surface area contributed by atoms with Gasteiger partial charge < -0.3 is 14.8 Å². The van der Waals surface area contributed by atoms with Crippen molar-refractivity contribution < 1.29 is 17.7 Å². The number of rotatable bonds is 3. The molecule has 9 nitrogen and oxygen atoms in total. The fourth-order valence-corrected chi connectivity index (χ4v) is 3.74. The second-order valence-electron chi connectivity index (χ2n) is 7.25. The number of hydrogen-bond acceptors (Lipinski definition) is 7. The van der Waals surface area contributed by atoms with E-state index < -0.39 is 11.7 Å². The summed E-state index contributed by atoms with van der Waals surface area (Å²) < 4.78 is 45.8.